The largest absolute Gasteiger partial charge is 0.370 e. The third-order valence-electron chi connectivity index (χ3n) is 5.06. The first kappa shape index (κ1) is 14.4. The second kappa shape index (κ2) is 5.97. The zero-order valence-corrected chi connectivity index (χ0v) is 13.5. The number of nitrogens with two attached hydrogens (primary N) is 1. The predicted octanol–water partition coefficient (Wildman–Crippen LogP) is 3.03. The van der Waals surface area contributed by atoms with Crippen LogP contribution in [0.15, 0.2) is 4.99 Å². The second-order valence-corrected chi connectivity index (χ2v) is 6.32. The fourth-order valence-corrected chi connectivity index (χ4v) is 3.59. The molecule has 0 aromatic carbocycles. The van der Waals surface area contributed by atoms with Crippen molar-refractivity contribution in [2.45, 2.75) is 63.8 Å². The molecule has 4 heteroatoms. The summed E-state index contributed by atoms with van der Waals surface area (Å²) in [5, 5.41) is 3.39. The molecule has 0 spiro atoms. The minimum atomic E-state index is 0. The molecule has 0 amide bonds. The SMILES string of the molecule is I.NC(=NCC1(C2CC2)CCC1)NC1CCCC1. The smallest absolute Gasteiger partial charge is 0.188 e. The maximum atomic E-state index is 6.00. The van der Waals surface area contributed by atoms with Crippen LogP contribution in [0.3, 0.4) is 0 Å². The van der Waals surface area contributed by atoms with Gasteiger partial charge in [-0.3, -0.25) is 4.99 Å². The molecule has 3 nitrogen and oxygen atoms in total. The summed E-state index contributed by atoms with van der Waals surface area (Å²) in [6, 6.07) is 0.594. The third-order valence-corrected chi connectivity index (χ3v) is 5.06. The number of aliphatic imine (C=N–C) groups is 1. The molecule has 0 atom stereocenters. The zero-order valence-electron chi connectivity index (χ0n) is 11.2. The van der Waals surface area contributed by atoms with Crippen LogP contribution < -0.4 is 11.1 Å². The Labute approximate surface area is 127 Å². The molecule has 3 N–H and O–H groups in total. The van der Waals surface area contributed by atoms with Gasteiger partial charge in [-0.25, -0.2) is 0 Å². The van der Waals surface area contributed by atoms with Crippen LogP contribution in [-0.4, -0.2) is 18.5 Å². The molecule has 104 valence electrons. The molecule has 0 saturated heterocycles. The van der Waals surface area contributed by atoms with Crippen molar-refractivity contribution >= 4 is 29.9 Å². The van der Waals surface area contributed by atoms with Crippen LogP contribution in [0.25, 0.3) is 0 Å². The van der Waals surface area contributed by atoms with Crippen LogP contribution in [0.4, 0.5) is 0 Å². The zero-order chi connectivity index (χ0) is 11.7. The van der Waals surface area contributed by atoms with Gasteiger partial charge in [0.25, 0.3) is 0 Å². The number of hydrogen-bond donors (Lipinski definition) is 2. The van der Waals surface area contributed by atoms with Gasteiger partial charge in [0.1, 0.15) is 0 Å². The molecule has 0 aromatic rings. The molecule has 3 fully saturated rings. The molecule has 3 aliphatic carbocycles. The molecule has 0 aromatic heterocycles. The van der Waals surface area contributed by atoms with E-state index >= 15 is 0 Å². The lowest BCUT2D eigenvalue weighted by Gasteiger charge is -2.41. The third kappa shape index (κ3) is 3.11. The first-order valence-electron chi connectivity index (χ1n) is 7.35. The summed E-state index contributed by atoms with van der Waals surface area (Å²) in [5.74, 6) is 1.67. The lowest BCUT2D eigenvalue weighted by Crippen LogP contribution is -2.41. The number of nitrogens with one attached hydrogen (secondary N) is 1. The van der Waals surface area contributed by atoms with Crippen LogP contribution in [0.2, 0.25) is 0 Å². The highest BCUT2D eigenvalue weighted by atomic mass is 127. The van der Waals surface area contributed by atoms with Crippen LogP contribution in [-0.2, 0) is 0 Å². The quantitative estimate of drug-likeness (QED) is 0.458. The van der Waals surface area contributed by atoms with E-state index in [2.05, 4.69) is 10.3 Å². The lowest BCUT2D eigenvalue weighted by atomic mass is 9.65. The highest BCUT2D eigenvalue weighted by Crippen LogP contribution is 2.57. The summed E-state index contributed by atoms with van der Waals surface area (Å²) in [6.07, 6.45) is 12.3. The number of rotatable bonds is 4. The Balaban J connectivity index is 0.00000120. The molecule has 0 unspecified atom stereocenters. The predicted molar refractivity (Wildman–Crippen MR) is 86.3 cm³/mol. The van der Waals surface area contributed by atoms with Gasteiger partial charge in [-0.15, -0.1) is 24.0 Å². The fraction of sp³-hybridized carbons (Fsp3) is 0.929. The lowest BCUT2D eigenvalue weighted by molar-refractivity contribution is 0.113. The monoisotopic (exact) mass is 363 g/mol. The molecule has 0 heterocycles. The molecule has 0 aliphatic heterocycles. The first-order chi connectivity index (χ1) is 8.28. The van der Waals surface area contributed by atoms with E-state index in [9.17, 15) is 0 Å². The van der Waals surface area contributed by atoms with E-state index in [0.717, 1.165) is 12.5 Å². The standard InChI is InChI=1S/C14H25N3.HI/c15-13(17-12-4-1-2-5-12)16-10-14(8-3-9-14)11-6-7-11;/h11-12H,1-10H2,(H3,15,16,17);1H. The number of guanidine groups is 1. The molecule has 0 radical (unpaired) electrons. The van der Waals surface area contributed by atoms with Crippen molar-refractivity contribution in [1.82, 2.24) is 5.32 Å². The van der Waals surface area contributed by atoms with Gasteiger partial charge in [0, 0.05) is 12.6 Å². The highest BCUT2D eigenvalue weighted by Gasteiger charge is 2.48. The van der Waals surface area contributed by atoms with Gasteiger partial charge < -0.3 is 11.1 Å². The Morgan fingerprint density at radius 3 is 2.28 bits per heavy atom. The van der Waals surface area contributed by atoms with Crippen molar-refractivity contribution in [1.29, 1.82) is 0 Å². The van der Waals surface area contributed by atoms with Crippen LogP contribution >= 0.6 is 24.0 Å². The topological polar surface area (TPSA) is 50.4 Å². The van der Waals surface area contributed by atoms with E-state index in [1.54, 1.807) is 0 Å². The molecule has 3 saturated carbocycles. The van der Waals surface area contributed by atoms with E-state index < -0.39 is 0 Å². The van der Waals surface area contributed by atoms with Crippen molar-refractivity contribution < 1.29 is 0 Å². The fourth-order valence-electron chi connectivity index (χ4n) is 3.59. The van der Waals surface area contributed by atoms with E-state index in [4.69, 9.17) is 5.73 Å². The summed E-state index contributed by atoms with van der Waals surface area (Å²) >= 11 is 0. The van der Waals surface area contributed by atoms with Crippen LogP contribution in [0, 0.1) is 11.3 Å². The van der Waals surface area contributed by atoms with Crippen LogP contribution in [0.1, 0.15) is 57.8 Å². The molecule has 3 rings (SSSR count). The normalized spacial score (nSPS) is 27.4. The van der Waals surface area contributed by atoms with Gasteiger partial charge in [-0.1, -0.05) is 19.3 Å². The van der Waals surface area contributed by atoms with Crippen molar-refractivity contribution in [3.8, 4) is 0 Å². The Kier molecular flexibility index (Phi) is 4.78. The van der Waals surface area contributed by atoms with Gasteiger partial charge >= 0.3 is 0 Å². The highest BCUT2D eigenvalue weighted by molar-refractivity contribution is 14.0. The van der Waals surface area contributed by atoms with Crippen LogP contribution in [0.5, 0.6) is 0 Å². The minimum absolute atomic E-state index is 0. The Hall–Kier alpha value is 0. The number of halogens is 1. The Morgan fingerprint density at radius 1 is 1.11 bits per heavy atom. The second-order valence-electron chi connectivity index (χ2n) is 6.32. The van der Waals surface area contributed by atoms with E-state index in [-0.39, 0.29) is 24.0 Å². The minimum Gasteiger partial charge on any atom is -0.370 e. The molecular formula is C14H26IN3. The number of hydrogen-bond acceptors (Lipinski definition) is 1. The average molecular weight is 363 g/mol. The van der Waals surface area contributed by atoms with Gasteiger partial charge in [-0.2, -0.15) is 0 Å². The molecule has 3 aliphatic rings. The summed E-state index contributed by atoms with van der Waals surface area (Å²) < 4.78 is 0. The summed E-state index contributed by atoms with van der Waals surface area (Å²) in [5.41, 5.74) is 6.56. The van der Waals surface area contributed by atoms with Crippen molar-refractivity contribution in [2.75, 3.05) is 6.54 Å². The molecular weight excluding hydrogens is 337 g/mol. The summed E-state index contributed by atoms with van der Waals surface area (Å²) in [4.78, 5) is 4.63. The summed E-state index contributed by atoms with van der Waals surface area (Å²) in [6.45, 7) is 0.975. The molecule has 18 heavy (non-hydrogen) atoms. The van der Waals surface area contributed by atoms with E-state index in [0.29, 0.717) is 17.4 Å². The van der Waals surface area contributed by atoms with Crippen molar-refractivity contribution in [2.24, 2.45) is 22.1 Å². The van der Waals surface area contributed by atoms with Crippen molar-refractivity contribution in [3.05, 3.63) is 0 Å². The van der Waals surface area contributed by atoms with Gasteiger partial charge in [0.05, 0.1) is 0 Å². The Bertz CT molecular complexity index is 302. The Morgan fingerprint density at radius 2 is 1.78 bits per heavy atom. The maximum absolute atomic E-state index is 6.00. The van der Waals surface area contributed by atoms with E-state index in [1.807, 2.05) is 0 Å². The van der Waals surface area contributed by atoms with Gasteiger partial charge in [-0.05, 0) is 49.9 Å². The van der Waals surface area contributed by atoms with Crippen molar-refractivity contribution in [3.63, 3.8) is 0 Å². The van der Waals surface area contributed by atoms with E-state index in [1.165, 1.54) is 57.8 Å². The van der Waals surface area contributed by atoms with Gasteiger partial charge in [0.2, 0.25) is 0 Å². The maximum Gasteiger partial charge on any atom is 0.188 e. The number of nitrogens with zero attached hydrogens (tertiary/aromatic N) is 1. The average Bonchev–Trinajstić information content (AvgIpc) is 2.97. The first-order valence-corrected chi connectivity index (χ1v) is 7.35. The van der Waals surface area contributed by atoms with Gasteiger partial charge in [0.15, 0.2) is 5.96 Å². The molecule has 0 bridgehead atoms. The summed E-state index contributed by atoms with van der Waals surface area (Å²) in [7, 11) is 0.